The van der Waals surface area contributed by atoms with Crippen LogP contribution < -0.4 is 0 Å². The van der Waals surface area contributed by atoms with Gasteiger partial charge >= 0.3 is 5.97 Å². The summed E-state index contributed by atoms with van der Waals surface area (Å²) in [5.74, 6) is 0.275. The molecule has 0 aliphatic heterocycles. The van der Waals surface area contributed by atoms with Crippen molar-refractivity contribution < 1.29 is 9.53 Å². The van der Waals surface area contributed by atoms with Crippen LogP contribution in [0, 0.1) is 12.3 Å². The molecular formula is C9H17O2. The smallest absolute Gasteiger partial charge is 0.306 e. The third kappa shape index (κ3) is 5.89. The summed E-state index contributed by atoms with van der Waals surface area (Å²) in [5, 5.41) is 0. The van der Waals surface area contributed by atoms with E-state index in [4.69, 9.17) is 4.74 Å². The van der Waals surface area contributed by atoms with E-state index >= 15 is 0 Å². The molecule has 0 fully saturated rings. The van der Waals surface area contributed by atoms with Gasteiger partial charge in [0, 0.05) is 6.42 Å². The SMILES string of the molecule is C[CH][C@@H](C)OC(=O)CC(C)C. The molecule has 0 unspecified atom stereocenters. The minimum absolute atomic E-state index is 0.0544. The van der Waals surface area contributed by atoms with Crippen molar-refractivity contribution in [2.24, 2.45) is 5.92 Å². The Bertz CT molecular complexity index is 119. The lowest BCUT2D eigenvalue weighted by Gasteiger charge is -2.11. The second-order valence-electron chi connectivity index (χ2n) is 3.13. The Morgan fingerprint density at radius 3 is 2.36 bits per heavy atom. The zero-order chi connectivity index (χ0) is 8.85. The zero-order valence-electron chi connectivity index (χ0n) is 7.76. The fourth-order valence-corrected chi connectivity index (χ4v) is 0.657. The Hall–Kier alpha value is -0.530. The molecule has 0 aliphatic carbocycles. The van der Waals surface area contributed by atoms with Gasteiger partial charge in [-0.1, -0.05) is 20.8 Å². The maximum Gasteiger partial charge on any atom is 0.306 e. The molecule has 0 heterocycles. The van der Waals surface area contributed by atoms with Gasteiger partial charge in [-0.05, 0) is 19.3 Å². The predicted molar refractivity (Wildman–Crippen MR) is 45.0 cm³/mol. The summed E-state index contributed by atoms with van der Waals surface area (Å²) in [4.78, 5) is 11.0. The number of hydrogen-bond donors (Lipinski definition) is 0. The highest BCUT2D eigenvalue weighted by Crippen LogP contribution is 2.04. The van der Waals surface area contributed by atoms with Gasteiger partial charge in [0.1, 0.15) is 6.10 Å². The molecule has 0 bridgehead atoms. The van der Waals surface area contributed by atoms with Crippen LogP contribution >= 0.6 is 0 Å². The van der Waals surface area contributed by atoms with Crippen molar-refractivity contribution in [1.82, 2.24) is 0 Å². The fraction of sp³-hybridized carbons (Fsp3) is 0.778. The van der Waals surface area contributed by atoms with Crippen molar-refractivity contribution in [3.63, 3.8) is 0 Å². The Labute approximate surface area is 68.9 Å². The van der Waals surface area contributed by atoms with Crippen LogP contribution in [0.2, 0.25) is 0 Å². The fourth-order valence-electron chi connectivity index (χ4n) is 0.657. The monoisotopic (exact) mass is 157 g/mol. The molecule has 0 amide bonds. The molecule has 0 saturated heterocycles. The molecule has 65 valence electrons. The molecule has 1 radical (unpaired) electrons. The summed E-state index contributed by atoms with van der Waals surface area (Å²) >= 11 is 0. The van der Waals surface area contributed by atoms with Crippen molar-refractivity contribution in [3.05, 3.63) is 6.42 Å². The molecule has 0 rings (SSSR count). The maximum atomic E-state index is 11.0. The van der Waals surface area contributed by atoms with Crippen LogP contribution in [0.3, 0.4) is 0 Å². The first-order valence-electron chi connectivity index (χ1n) is 4.05. The van der Waals surface area contributed by atoms with Gasteiger partial charge in [0.05, 0.1) is 0 Å². The van der Waals surface area contributed by atoms with Crippen LogP contribution in [0.1, 0.15) is 34.1 Å². The summed E-state index contributed by atoms with van der Waals surface area (Å²) in [6.45, 7) is 7.74. The Balaban J connectivity index is 3.52. The molecule has 2 nitrogen and oxygen atoms in total. The van der Waals surface area contributed by atoms with Gasteiger partial charge in [-0.15, -0.1) is 0 Å². The van der Waals surface area contributed by atoms with Crippen molar-refractivity contribution in [2.75, 3.05) is 0 Å². The molecule has 0 aromatic rings. The van der Waals surface area contributed by atoms with Gasteiger partial charge in [0.15, 0.2) is 0 Å². The lowest BCUT2D eigenvalue weighted by atomic mass is 10.1. The maximum absolute atomic E-state index is 11.0. The first kappa shape index (κ1) is 10.5. The van der Waals surface area contributed by atoms with Crippen LogP contribution in [0.15, 0.2) is 0 Å². The van der Waals surface area contributed by atoms with Gasteiger partial charge in [-0.3, -0.25) is 4.79 Å². The Morgan fingerprint density at radius 2 is 2.00 bits per heavy atom. The molecule has 0 N–H and O–H groups in total. The third-order valence-electron chi connectivity index (χ3n) is 1.36. The van der Waals surface area contributed by atoms with E-state index < -0.39 is 0 Å². The van der Waals surface area contributed by atoms with Gasteiger partial charge in [-0.25, -0.2) is 0 Å². The van der Waals surface area contributed by atoms with Crippen molar-refractivity contribution in [2.45, 2.75) is 40.2 Å². The molecular weight excluding hydrogens is 140 g/mol. The van der Waals surface area contributed by atoms with Crippen LogP contribution in [0.5, 0.6) is 0 Å². The summed E-state index contributed by atoms with van der Waals surface area (Å²) < 4.78 is 5.02. The van der Waals surface area contributed by atoms with Gasteiger partial charge in [0.25, 0.3) is 0 Å². The molecule has 0 aromatic heterocycles. The van der Waals surface area contributed by atoms with Crippen LogP contribution in [0.4, 0.5) is 0 Å². The second-order valence-corrected chi connectivity index (χ2v) is 3.13. The van der Waals surface area contributed by atoms with E-state index in [1.165, 1.54) is 0 Å². The number of rotatable bonds is 4. The first-order valence-corrected chi connectivity index (χ1v) is 4.05. The molecule has 11 heavy (non-hydrogen) atoms. The van der Waals surface area contributed by atoms with Crippen molar-refractivity contribution in [1.29, 1.82) is 0 Å². The minimum atomic E-state index is -0.106. The second kappa shape index (κ2) is 5.16. The van der Waals surface area contributed by atoms with Gasteiger partial charge < -0.3 is 4.74 Å². The predicted octanol–water partition coefficient (Wildman–Crippen LogP) is 2.19. The van der Waals surface area contributed by atoms with E-state index in [1.807, 2.05) is 34.1 Å². The molecule has 2 heteroatoms. The largest absolute Gasteiger partial charge is 0.462 e. The van der Waals surface area contributed by atoms with E-state index in [0.717, 1.165) is 0 Å². The number of ether oxygens (including phenoxy) is 1. The zero-order valence-corrected chi connectivity index (χ0v) is 7.76. The third-order valence-corrected chi connectivity index (χ3v) is 1.36. The molecule has 0 saturated carbocycles. The lowest BCUT2D eigenvalue weighted by molar-refractivity contribution is -0.147. The highest BCUT2D eigenvalue weighted by molar-refractivity contribution is 5.69. The summed E-state index contributed by atoms with van der Waals surface area (Å²) in [7, 11) is 0. The molecule has 0 aromatic carbocycles. The Morgan fingerprint density at radius 1 is 1.45 bits per heavy atom. The van der Waals surface area contributed by atoms with E-state index in [2.05, 4.69) is 0 Å². The summed E-state index contributed by atoms with van der Waals surface area (Å²) in [6.07, 6.45) is 2.32. The highest BCUT2D eigenvalue weighted by Gasteiger charge is 2.08. The number of esters is 1. The van der Waals surface area contributed by atoms with Gasteiger partial charge in [-0.2, -0.15) is 0 Å². The van der Waals surface area contributed by atoms with E-state index in [1.54, 1.807) is 0 Å². The number of carbonyl (C=O) groups excluding carboxylic acids is 1. The quantitative estimate of drug-likeness (QED) is 0.585. The standard InChI is InChI=1S/C9H17O2/c1-5-8(4)11-9(10)6-7(2)3/h5,7-8H,6H2,1-4H3/t8-/m1/s1. The Kier molecular flexibility index (Phi) is 4.92. The first-order chi connectivity index (χ1) is 5.06. The van der Waals surface area contributed by atoms with Crippen LogP contribution in [0.25, 0.3) is 0 Å². The number of carbonyl (C=O) groups is 1. The average molecular weight is 157 g/mol. The topological polar surface area (TPSA) is 26.3 Å². The van der Waals surface area contributed by atoms with Crippen LogP contribution in [-0.4, -0.2) is 12.1 Å². The lowest BCUT2D eigenvalue weighted by Crippen LogP contribution is -2.15. The van der Waals surface area contributed by atoms with E-state index in [0.29, 0.717) is 12.3 Å². The van der Waals surface area contributed by atoms with E-state index in [9.17, 15) is 4.79 Å². The van der Waals surface area contributed by atoms with Crippen molar-refractivity contribution in [3.8, 4) is 0 Å². The summed E-state index contributed by atoms with van der Waals surface area (Å²) in [6, 6.07) is 0. The normalized spacial score (nSPS) is 13.2. The molecule has 0 aliphatic rings. The highest BCUT2D eigenvalue weighted by atomic mass is 16.5. The average Bonchev–Trinajstić information content (AvgIpc) is 1.85. The van der Waals surface area contributed by atoms with E-state index in [-0.39, 0.29) is 12.1 Å². The minimum Gasteiger partial charge on any atom is -0.462 e. The number of hydrogen-bond acceptors (Lipinski definition) is 2. The van der Waals surface area contributed by atoms with Gasteiger partial charge in [0.2, 0.25) is 0 Å². The van der Waals surface area contributed by atoms with Crippen molar-refractivity contribution >= 4 is 5.97 Å². The molecule has 1 atom stereocenters. The molecule has 0 spiro atoms. The van der Waals surface area contributed by atoms with Crippen LogP contribution in [-0.2, 0) is 9.53 Å². The summed E-state index contributed by atoms with van der Waals surface area (Å²) in [5.41, 5.74) is 0.